The van der Waals surface area contributed by atoms with Crippen LogP contribution in [0.4, 0.5) is 24.5 Å². The molecule has 0 aromatic heterocycles. The van der Waals surface area contributed by atoms with Gasteiger partial charge in [-0.3, -0.25) is 10.1 Å². The molecule has 1 rings (SSSR count). The van der Waals surface area contributed by atoms with E-state index in [1.807, 2.05) is 0 Å². The molecule has 0 amide bonds. The zero-order valence-electron chi connectivity index (χ0n) is 9.08. The summed E-state index contributed by atoms with van der Waals surface area (Å²) in [5, 5.41) is 12.8. The van der Waals surface area contributed by atoms with Crippen LogP contribution in [0.5, 0.6) is 0 Å². The SMILES string of the molecule is CC(P)Nc1cc(Cl)c(C(F)(F)F)cc1[N+](=O)[O-]. The molecule has 0 heterocycles. The molecule has 0 aliphatic heterocycles. The molecule has 0 fully saturated rings. The summed E-state index contributed by atoms with van der Waals surface area (Å²) < 4.78 is 37.7. The van der Waals surface area contributed by atoms with Crippen LogP contribution in [0.3, 0.4) is 0 Å². The van der Waals surface area contributed by atoms with Crippen molar-refractivity contribution in [3.63, 3.8) is 0 Å². The highest BCUT2D eigenvalue weighted by Gasteiger charge is 2.36. The summed E-state index contributed by atoms with van der Waals surface area (Å²) in [5.41, 5.74) is -1.95. The molecule has 0 saturated carbocycles. The molecule has 2 unspecified atom stereocenters. The summed E-state index contributed by atoms with van der Waals surface area (Å²) in [4.78, 5) is 9.85. The maximum Gasteiger partial charge on any atom is 0.418 e. The van der Waals surface area contributed by atoms with E-state index in [2.05, 4.69) is 14.6 Å². The van der Waals surface area contributed by atoms with Gasteiger partial charge in [-0.25, -0.2) is 0 Å². The van der Waals surface area contributed by atoms with Crippen molar-refractivity contribution >= 4 is 32.2 Å². The molecule has 4 nitrogen and oxygen atoms in total. The minimum Gasteiger partial charge on any atom is -0.374 e. The first-order valence-corrected chi connectivity index (χ1v) is 5.74. The Bertz CT molecular complexity index is 480. The first kappa shape index (κ1) is 15.0. The third-order valence-electron chi connectivity index (χ3n) is 1.97. The fourth-order valence-corrected chi connectivity index (χ4v) is 1.74. The number of benzene rings is 1. The maximum absolute atomic E-state index is 12.6. The summed E-state index contributed by atoms with van der Waals surface area (Å²) in [6, 6.07) is 1.33. The van der Waals surface area contributed by atoms with Gasteiger partial charge in [-0.15, -0.1) is 9.24 Å². The molecule has 2 atom stereocenters. The monoisotopic (exact) mass is 300 g/mol. The van der Waals surface area contributed by atoms with E-state index in [1.165, 1.54) is 0 Å². The first-order valence-electron chi connectivity index (χ1n) is 4.70. The number of rotatable bonds is 3. The molecule has 0 saturated heterocycles. The normalized spacial score (nSPS) is 13.2. The van der Waals surface area contributed by atoms with E-state index in [-0.39, 0.29) is 11.5 Å². The van der Waals surface area contributed by atoms with Gasteiger partial charge in [0.2, 0.25) is 0 Å². The molecular formula is C9H9ClF3N2O2P. The summed E-state index contributed by atoms with van der Waals surface area (Å²) >= 11 is 5.48. The number of nitro groups is 1. The van der Waals surface area contributed by atoms with Gasteiger partial charge in [0.1, 0.15) is 5.69 Å². The van der Waals surface area contributed by atoms with E-state index in [0.717, 1.165) is 6.07 Å². The van der Waals surface area contributed by atoms with Crippen LogP contribution in [0.2, 0.25) is 5.02 Å². The fraction of sp³-hybridized carbons (Fsp3) is 0.333. The van der Waals surface area contributed by atoms with E-state index in [9.17, 15) is 23.3 Å². The van der Waals surface area contributed by atoms with Crippen LogP contribution in [0.1, 0.15) is 12.5 Å². The Kier molecular flexibility index (Phi) is 4.40. The third kappa shape index (κ3) is 3.46. The Morgan fingerprint density at radius 3 is 2.44 bits per heavy atom. The number of halogens is 4. The van der Waals surface area contributed by atoms with Crippen molar-refractivity contribution in [2.24, 2.45) is 0 Å². The molecule has 0 spiro atoms. The highest BCUT2D eigenvalue weighted by molar-refractivity contribution is 7.17. The predicted molar refractivity (Wildman–Crippen MR) is 65.9 cm³/mol. The van der Waals surface area contributed by atoms with E-state index in [1.54, 1.807) is 6.92 Å². The number of hydrogen-bond donors (Lipinski definition) is 1. The molecule has 9 heteroatoms. The molecule has 100 valence electrons. The lowest BCUT2D eigenvalue weighted by atomic mass is 10.1. The van der Waals surface area contributed by atoms with Gasteiger partial charge in [-0.1, -0.05) is 11.6 Å². The molecule has 1 N–H and O–H groups in total. The molecular weight excluding hydrogens is 292 g/mol. The quantitative estimate of drug-likeness (QED) is 0.523. The largest absolute Gasteiger partial charge is 0.418 e. The van der Waals surface area contributed by atoms with Crippen molar-refractivity contribution in [1.82, 2.24) is 0 Å². The first-order chi connectivity index (χ1) is 8.12. The molecule has 0 aliphatic carbocycles. The van der Waals surface area contributed by atoms with Crippen LogP contribution in [0, 0.1) is 10.1 Å². The van der Waals surface area contributed by atoms with E-state index in [4.69, 9.17) is 11.6 Å². The van der Waals surface area contributed by atoms with Crippen LogP contribution < -0.4 is 5.32 Å². The topological polar surface area (TPSA) is 55.2 Å². The van der Waals surface area contributed by atoms with Gasteiger partial charge in [-0.05, 0) is 13.0 Å². The zero-order chi connectivity index (χ0) is 14.1. The van der Waals surface area contributed by atoms with E-state index >= 15 is 0 Å². The molecule has 0 radical (unpaired) electrons. The van der Waals surface area contributed by atoms with Crippen molar-refractivity contribution in [2.75, 3.05) is 5.32 Å². The molecule has 1 aromatic rings. The molecule has 18 heavy (non-hydrogen) atoms. The minimum absolute atomic E-state index is 0.0551. The lowest BCUT2D eigenvalue weighted by Crippen LogP contribution is -2.11. The minimum atomic E-state index is -4.73. The van der Waals surface area contributed by atoms with E-state index in [0.29, 0.717) is 6.07 Å². The smallest absolute Gasteiger partial charge is 0.374 e. The van der Waals surface area contributed by atoms with Gasteiger partial charge < -0.3 is 5.32 Å². The second-order valence-corrected chi connectivity index (χ2v) is 4.94. The predicted octanol–water partition coefficient (Wildman–Crippen LogP) is 3.90. The van der Waals surface area contributed by atoms with Crippen LogP contribution in [0.25, 0.3) is 0 Å². The number of nitrogens with one attached hydrogen (secondary N) is 1. The maximum atomic E-state index is 12.6. The molecule has 0 bridgehead atoms. The van der Waals surface area contributed by atoms with Gasteiger partial charge >= 0.3 is 6.18 Å². The van der Waals surface area contributed by atoms with Crippen LogP contribution in [-0.4, -0.2) is 10.7 Å². The van der Waals surface area contributed by atoms with E-state index < -0.39 is 27.4 Å². The second-order valence-electron chi connectivity index (χ2n) is 3.54. The summed E-state index contributed by atoms with van der Waals surface area (Å²) in [7, 11) is 2.31. The average molecular weight is 301 g/mol. The fourth-order valence-electron chi connectivity index (χ4n) is 1.29. The van der Waals surface area contributed by atoms with Crippen molar-refractivity contribution in [2.45, 2.75) is 18.9 Å². The number of nitrogens with zero attached hydrogens (tertiary/aromatic N) is 1. The second kappa shape index (κ2) is 5.28. The zero-order valence-corrected chi connectivity index (χ0v) is 11.0. The Morgan fingerprint density at radius 1 is 1.50 bits per heavy atom. The summed E-state index contributed by atoms with van der Waals surface area (Å²) in [5.74, 6) is -0.253. The molecule has 1 aromatic carbocycles. The van der Waals surface area contributed by atoms with Gasteiger partial charge in [0.15, 0.2) is 0 Å². The van der Waals surface area contributed by atoms with Crippen molar-refractivity contribution in [1.29, 1.82) is 0 Å². The van der Waals surface area contributed by atoms with Crippen LogP contribution >= 0.6 is 20.8 Å². The standard InChI is InChI=1S/C9H9ClF3N2O2P/c1-4(18)14-7-3-6(10)5(9(11,12)13)2-8(7)15(16)17/h2-4,14H,18H2,1H3. The van der Waals surface area contributed by atoms with Crippen molar-refractivity contribution in [3.8, 4) is 0 Å². The Morgan fingerprint density at radius 2 is 2.06 bits per heavy atom. The van der Waals surface area contributed by atoms with Crippen molar-refractivity contribution in [3.05, 3.63) is 32.8 Å². The summed E-state index contributed by atoms with van der Waals surface area (Å²) in [6.45, 7) is 1.67. The lowest BCUT2D eigenvalue weighted by molar-refractivity contribution is -0.384. The Balaban J connectivity index is 3.39. The highest BCUT2D eigenvalue weighted by Crippen LogP contribution is 2.40. The lowest BCUT2D eigenvalue weighted by Gasteiger charge is -2.14. The number of nitro benzene ring substituents is 1. The van der Waals surface area contributed by atoms with Gasteiger partial charge in [0.25, 0.3) is 5.69 Å². The van der Waals surface area contributed by atoms with Crippen LogP contribution in [-0.2, 0) is 6.18 Å². The number of alkyl halides is 3. The summed E-state index contributed by atoms with van der Waals surface area (Å²) in [6.07, 6.45) is -4.73. The highest BCUT2D eigenvalue weighted by atomic mass is 35.5. The number of anilines is 1. The van der Waals surface area contributed by atoms with Gasteiger partial charge in [0, 0.05) is 11.8 Å². The van der Waals surface area contributed by atoms with Crippen molar-refractivity contribution < 1.29 is 18.1 Å². The number of hydrogen-bond acceptors (Lipinski definition) is 3. The average Bonchev–Trinajstić information content (AvgIpc) is 2.13. The van der Waals surface area contributed by atoms with Crippen LogP contribution in [0.15, 0.2) is 12.1 Å². The Hall–Kier alpha value is -1.07. The Labute approximate surface area is 108 Å². The third-order valence-corrected chi connectivity index (χ3v) is 2.45. The van der Waals surface area contributed by atoms with Gasteiger partial charge in [-0.2, -0.15) is 13.2 Å². The molecule has 0 aliphatic rings. The van der Waals surface area contributed by atoms with Gasteiger partial charge in [0.05, 0.1) is 15.5 Å².